The summed E-state index contributed by atoms with van der Waals surface area (Å²) in [5, 5.41) is 67.4. The normalized spacial score (nSPS) is 21.3. The minimum absolute atomic E-state index is 0.0154. The van der Waals surface area contributed by atoms with E-state index in [1.165, 1.54) is 22.9 Å². The zero-order valence-electron chi connectivity index (χ0n) is 44.1. The van der Waals surface area contributed by atoms with E-state index in [4.69, 9.17) is 28.7 Å². The number of carbonyl (C=O) groups is 6. The monoisotopic (exact) mass is 1130 g/mol. The molecule has 0 aliphatic carbocycles. The highest BCUT2D eigenvalue weighted by Gasteiger charge is 2.49. The van der Waals surface area contributed by atoms with Crippen molar-refractivity contribution in [2.75, 3.05) is 18.7 Å². The number of carboxylic acid groups (broad SMARTS) is 1. The van der Waals surface area contributed by atoms with E-state index >= 15 is 0 Å². The number of aromatic nitrogens is 6. The number of aliphatic hydroxyl groups excluding tert-OH is 3. The van der Waals surface area contributed by atoms with Crippen molar-refractivity contribution in [3.05, 3.63) is 118 Å². The summed E-state index contributed by atoms with van der Waals surface area (Å²) in [6.45, 7) is 2.43. The molecule has 4 aromatic heterocycles. The Bertz CT molecular complexity index is 3660. The quantitative estimate of drug-likeness (QED) is 0.0244. The number of nitrogens with one attached hydrogen (secondary N) is 2. The van der Waals surface area contributed by atoms with E-state index in [1.54, 1.807) is 42.0 Å². The summed E-state index contributed by atoms with van der Waals surface area (Å²) in [6, 6.07) is 13.8. The molecule has 2 aromatic carbocycles. The number of esters is 1. The van der Waals surface area contributed by atoms with Gasteiger partial charge in [0.1, 0.15) is 36.4 Å². The lowest BCUT2D eigenvalue weighted by Gasteiger charge is -2.38. The number of aryl methyl sites for hydroxylation is 1. The molecule has 7 N–H and O–H groups in total. The van der Waals surface area contributed by atoms with Crippen LogP contribution in [0.25, 0.3) is 33.4 Å². The first kappa shape index (κ1) is 55.0. The highest BCUT2D eigenvalue weighted by Crippen LogP contribution is 2.46. The third-order valence-electron chi connectivity index (χ3n) is 15.1. The number of aliphatic carboxylic acids is 1. The Kier molecular flexibility index (Phi) is 15.1. The number of pyridine rings is 3. The average molecular weight is 1130 g/mol. The van der Waals surface area contributed by atoms with E-state index in [9.17, 15) is 59.1 Å². The summed E-state index contributed by atoms with van der Waals surface area (Å²) < 4.78 is 33.1. The maximum Gasteiger partial charge on any atom is 0.343 e. The standard InChI is InChI=1S/C56H55N9O17/c1-2-56(77)35-21-38-47-33(26-65(38)52(73)34(35)27-78-55(56)76)46(32-20-40-41(80-28-79-40)22-36(32)59-47)30-13-17-62(18-14-30)24-29-9-10-39(81-54-50(72)48(70)49(71)51(82-54)53(74)75)37(19-29)58-43(67)8-6-15-63-25-31(60-61-63)23-57-42(66)7-4-3-5-16-64-44(68)11-12-45(64)69/h9-14,17-22,25,48-51,54,70-72,77H,2-8,15-16,23-24,26-28H2,1H3,(H2-,57,58,66,67,74,75)/p+1/t48-,49-,50+,51+,54+,56-/m0/s1. The number of rotatable bonds is 20. The number of carbonyl (C=O) groups excluding carboxylic acids is 5. The first-order chi connectivity index (χ1) is 39.5. The summed E-state index contributed by atoms with van der Waals surface area (Å²) in [4.78, 5) is 94.7. The van der Waals surface area contributed by atoms with Gasteiger partial charge in [0.05, 0.1) is 47.4 Å². The highest BCUT2D eigenvalue weighted by molar-refractivity contribution is 6.12. The lowest BCUT2D eigenvalue weighted by atomic mass is 9.86. The number of imide groups is 1. The smallest absolute Gasteiger partial charge is 0.343 e. The van der Waals surface area contributed by atoms with E-state index in [0.717, 1.165) is 27.0 Å². The molecule has 6 atom stereocenters. The summed E-state index contributed by atoms with van der Waals surface area (Å²) in [5.41, 5.74) is 2.89. The molecule has 26 nitrogen and oxygen atoms in total. The number of unbranched alkanes of at least 4 members (excludes halogenated alkanes) is 2. The van der Waals surface area contributed by atoms with Gasteiger partial charge in [0.2, 0.25) is 24.9 Å². The molecule has 0 radical (unpaired) electrons. The highest BCUT2D eigenvalue weighted by atomic mass is 16.7. The third kappa shape index (κ3) is 10.6. The molecule has 4 amide bonds. The molecule has 0 spiro atoms. The number of aliphatic hydroxyl groups is 4. The molecule has 11 rings (SSSR count). The Morgan fingerprint density at radius 1 is 0.854 bits per heavy atom. The molecule has 426 valence electrons. The van der Waals surface area contributed by atoms with Crippen LogP contribution in [0.3, 0.4) is 0 Å². The van der Waals surface area contributed by atoms with Crippen molar-refractivity contribution >= 4 is 52.2 Å². The second kappa shape index (κ2) is 22.5. The molecule has 26 heteroatoms. The summed E-state index contributed by atoms with van der Waals surface area (Å²) in [5.74, 6) is -2.82. The largest absolute Gasteiger partial charge is 0.479 e. The van der Waals surface area contributed by atoms with Gasteiger partial charge in [-0.25, -0.2) is 19.1 Å². The molecule has 0 bridgehead atoms. The Hall–Kier alpha value is -8.95. The van der Waals surface area contributed by atoms with Gasteiger partial charge in [0.25, 0.3) is 17.4 Å². The van der Waals surface area contributed by atoms with Gasteiger partial charge in [-0.3, -0.25) is 33.6 Å². The second-order valence-electron chi connectivity index (χ2n) is 20.5. The molecule has 0 unspecified atom stereocenters. The maximum atomic E-state index is 14.2. The second-order valence-corrected chi connectivity index (χ2v) is 20.5. The van der Waals surface area contributed by atoms with Crippen LogP contribution in [-0.4, -0.2) is 135 Å². The fourth-order valence-corrected chi connectivity index (χ4v) is 10.7. The number of carboxylic acids is 1. The molecular formula is C56H56N9O17+. The summed E-state index contributed by atoms with van der Waals surface area (Å²) in [6.07, 6.45) is 0.551. The topological polar surface area (TPSA) is 346 Å². The van der Waals surface area contributed by atoms with Crippen LogP contribution >= 0.6 is 0 Å². The minimum Gasteiger partial charge on any atom is -0.479 e. The van der Waals surface area contributed by atoms with Gasteiger partial charge >= 0.3 is 11.9 Å². The molecule has 1 fully saturated rings. The molecule has 6 aromatic rings. The Morgan fingerprint density at radius 2 is 1.61 bits per heavy atom. The van der Waals surface area contributed by atoms with Crippen molar-refractivity contribution in [2.24, 2.45) is 0 Å². The lowest BCUT2D eigenvalue weighted by molar-refractivity contribution is -0.688. The molecule has 5 aliphatic rings. The van der Waals surface area contributed by atoms with Crippen LogP contribution in [0.4, 0.5) is 5.69 Å². The van der Waals surface area contributed by atoms with Crippen LogP contribution in [0.2, 0.25) is 0 Å². The number of benzene rings is 2. The van der Waals surface area contributed by atoms with Gasteiger partial charge in [-0.1, -0.05) is 18.6 Å². The van der Waals surface area contributed by atoms with Crippen molar-refractivity contribution in [1.29, 1.82) is 0 Å². The van der Waals surface area contributed by atoms with Crippen LogP contribution < -0.4 is 35.0 Å². The number of cyclic esters (lactones) is 1. The summed E-state index contributed by atoms with van der Waals surface area (Å²) >= 11 is 0. The maximum absolute atomic E-state index is 14.2. The fraction of sp³-hybridized carbons (Fsp3) is 0.375. The molecule has 9 heterocycles. The van der Waals surface area contributed by atoms with E-state index < -0.39 is 59.7 Å². The van der Waals surface area contributed by atoms with Gasteiger partial charge in [-0.05, 0) is 67.1 Å². The van der Waals surface area contributed by atoms with Gasteiger partial charge in [-0.2, -0.15) is 0 Å². The van der Waals surface area contributed by atoms with Crippen LogP contribution in [0.15, 0.2) is 84.1 Å². The number of nitrogens with zero attached hydrogens (tertiary/aromatic N) is 7. The Morgan fingerprint density at radius 3 is 2.37 bits per heavy atom. The van der Waals surface area contributed by atoms with E-state index in [-0.39, 0.29) is 99.1 Å². The number of anilines is 1. The molecule has 5 aliphatic heterocycles. The fourth-order valence-electron chi connectivity index (χ4n) is 10.7. The van der Waals surface area contributed by atoms with Crippen molar-refractivity contribution in [2.45, 2.75) is 121 Å². The van der Waals surface area contributed by atoms with Crippen LogP contribution in [0, 0.1) is 0 Å². The zero-order valence-corrected chi connectivity index (χ0v) is 44.1. The van der Waals surface area contributed by atoms with Crippen molar-refractivity contribution in [3.8, 4) is 39.8 Å². The lowest BCUT2D eigenvalue weighted by Crippen LogP contribution is -2.61. The number of amides is 4. The molecule has 0 saturated carbocycles. The zero-order chi connectivity index (χ0) is 57.6. The van der Waals surface area contributed by atoms with Crippen molar-refractivity contribution < 1.29 is 82.6 Å². The van der Waals surface area contributed by atoms with Gasteiger partial charge in [0.15, 0.2) is 42.1 Å². The molecular weight excluding hydrogens is 1070 g/mol. The van der Waals surface area contributed by atoms with Crippen LogP contribution in [0.5, 0.6) is 17.2 Å². The van der Waals surface area contributed by atoms with Crippen molar-refractivity contribution in [1.82, 2.24) is 34.8 Å². The first-order valence-corrected chi connectivity index (χ1v) is 26.6. The van der Waals surface area contributed by atoms with Crippen molar-refractivity contribution in [3.63, 3.8) is 0 Å². The molecule has 82 heavy (non-hydrogen) atoms. The first-order valence-electron chi connectivity index (χ1n) is 26.6. The average Bonchev–Trinajstić information content (AvgIpc) is 4.12. The number of hydrogen-bond donors (Lipinski definition) is 7. The number of ether oxygens (including phenoxy) is 5. The predicted octanol–water partition coefficient (Wildman–Crippen LogP) is 1.19. The minimum atomic E-state index is -2.02. The Labute approximate surface area is 465 Å². The third-order valence-corrected chi connectivity index (χ3v) is 15.1. The summed E-state index contributed by atoms with van der Waals surface area (Å²) in [7, 11) is 0. The van der Waals surface area contributed by atoms with Gasteiger partial charge in [-0.15, -0.1) is 5.10 Å². The van der Waals surface area contributed by atoms with Crippen LogP contribution in [0.1, 0.15) is 79.8 Å². The van der Waals surface area contributed by atoms with Gasteiger partial charge < -0.3 is 64.4 Å². The van der Waals surface area contributed by atoms with E-state index in [1.807, 2.05) is 35.2 Å². The van der Waals surface area contributed by atoms with Crippen LogP contribution in [-0.2, 0) is 76.6 Å². The molecule has 1 saturated heterocycles. The van der Waals surface area contributed by atoms with Gasteiger partial charge in [0, 0.05) is 78.4 Å². The van der Waals surface area contributed by atoms with E-state index in [2.05, 4.69) is 20.9 Å². The number of hydrogen-bond acceptors (Lipinski definition) is 19. The predicted molar refractivity (Wildman–Crippen MR) is 281 cm³/mol. The van der Waals surface area contributed by atoms with E-state index in [0.29, 0.717) is 71.9 Å². The SMILES string of the molecule is CC[C@@]1(O)C(=O)OCc2c1cc1n(c2=O)Cc2c-1nc1cc3c(cc1c2-c1cc[n+](Cc2ccc(O[C@@H]4O[C@@H](C(=O)O)[C@@H](O)[C@H](O)[C@H]4O)c(NC(=O)CCCn4cc(CNC(=O)CCCCCN5C(=O)C=CC5=O)nn4)c2)cc1)OCO3. The number of fused-ring (bicyclic) bond motifs is 6. The Balaban J connectivity index is 0.790.